The van der Waals surface area contributed by atoms with Crippen molar-refractivity contribution in [3.8, 4) is 5.88 Å². The van der Waals surface area contributed by atoms with Crippen molar-refractivity contribution in [1.29, 1.82) is 0 Å². The Morgan fingerprint density at radius 2 is 2.27 bits per heavy atom. The molecular weight excluding hydrogens is 450 g/mol. The van der Waals surface area contributed by atoms with Crippen molar-refractivity contribution in [1.82, 2.24) is 9.55 Å². The highest BCUT2D eigenvalue weighted by atomic mass is 32.2. The zero-order valence-electron chi connectivity index (χ0n) is 16.4. The third kappa shape index (κ3) is 4.46. The van der Waals surface area contributed by atoms with Crippen LogP contribution in [0.3, 0.4) is 0 Å². The molecule has 0 aromatic carbocycles. The van der Waals surface area contributed by atoms with Gasteiger partial charge in [0.1, 0.15) is 16.1 Å². The highest BCUT2D eigenvalue weighted by Gasteiger charge is 2.29. The normalized spacial score (nSPS) is 16.0. The zero-order valence-corrected chi connectivity index (χ0v) is 18.9. The van der Waals surface area contributed by atoms with Gasteiger partial charge in [-0.2, -0.15) is 0 Å². The van der Waals surface area contributed by atoms with Crippen LogP contribution in [-0.4, -0.2) is 57.1 Å². The van der Waals surface area contributed by atoms with Gasteiger partial charge in [-0.05, 0) is 37.5 Å². The number of aromatic hydroxyl groups is 1. The summed E-state index contributed by atoms with van der Waals surface area (Å²) in [6, 6.07) is 0. The fourth-order valence-electron chi connectivity index (χ4n) is 3.02. The molecule has 2 N–H and O–H groups in total. The molecule has 2 aromatic heterocycles. The number of aromatic nitrogens is 2. The number of hydrogen-bond donors (Lipinski definition) is 2. The van der Waals surface area contributed by atoms with Gasteiger partial charge in [-0.1, -0.05) is 0 Å². The van der Waals surface area contributed by atoms with E-state index in [-0.39, 0.29) is 41.5 Å². The van der Waals surface area contributed by atoms with Crippen LogP contribution >= 0.6 is 23.6 Å². The van der Waals surface area contributed by atoms with E-state index in [4.69, 9.17) is 21.7 Å². The maximum Gasteiger partial charge on any atom is 0.341 e. The van der Waals surface area contributed by atoms with Crippen LogP contribution < -0.4 is 5.56 Å². The lowest BCUT2D eigenvalue weighted by molar-refractivity contribution is 0.0526. The van der Waals surface area contributed by atoms with Crippen LogP contribution in [-0.2, 0) is 33.2 Å². The Balaban J connectivity index is 2.09. The molecule has 3 rings (SSSR count). The van der Waals surface area contributed by atoms with Crippen molar-refractivity contribution in [2.24, 2.45) is 4.99 Å². The van der Waals surface area contributed by atoms with Crippen molar-refractivity contribution >= 4 is 51.5 Å². The third-order valence-corrected chi connectivity index (χ3v) is 7.82. The van der Waals surface area contributed by atoms with Crippen molar-refractivity contribution in [2.45, 2.75) is 30.5 Å². The molecule has 30 heavy (non-hydrogen) atoms. The lowest BCUT2D eigenvalue weighted by Crippen LogP contribution is -2.20. The molecule has 0 radical (unpaired) electrons. The molecule has 162 valence electrons. The molecule has 0 bridgehead atoms. The number of ether oxygens (including phenoxy) is 2. The van der Waals surface area contributed by atoms with Crippen LogP contribution in [0.15, 0.2) is 14.0 Å². The first-order valence-electron chi connectivity index (χ1n) is 9.19. The molecule has 0 spiro atoms. The average molecular weight is 472 g/mol. The van der Waals surface area contributed by atoms with Gasteiger partial charge in [0.25, 0.3) is 5.56 Å². The van der Waals surface area contributed by atoms with E-state index < -0.39 is 22.3 Å². The van der Waals surface area contributed by atoms with Crippen LogP contribution in [0.1, 0.15) is 34.8 Å². The van der Waals surface area contributed by atoms with E-state index in [0.717, 1.165) is 11.3 Å². The first-order valence-corrected chi connectivity index (χ1v) is 11.7. The molecule has 1 aliphatic heterocycles. The number of aliphatic imine (C=N–C) groups is 1. The third-order valence-electron chi connectivity index (χ3n) is 4.43. The fraction of sp³-hybridized carbons (Fsp3) is 0.444. The van der Waals surface area contributed by atoms with Crippen LogP contribution in [0.4, 0.5) is 5.00 Å². The largest absolute Gasteiger partial charge is 0.494 e. The van der Waals surface area contributed by atoms with Gasteiger partial charge in [-0.15, -0.1) is 11.3 Å². The first-order chi connectivity index (χ1) is 14.4. The summed E-state index contributed by atoms with van der Waals surface area (Å²) in [5.74, 6) is -0.374. The summed E-state index contributed by atoms with van der Waals surface area (Å²) in [7, 11) is 0.303. The Morgan fingerprint density at radius 3 is 2.97 bits per heavy atom. The van der Waals surface area contributed by atoms with E-state index in [2.05, 4.69) is 9.98 Å². The number of carbonyl (C=O) groups excluding carboxylic acids is 1. The predicted molar refractivity (Wildman–Crippen MR) is 117 cm³/mol. The minimum Gasteiger partial charge on any atom is -0.494 e. The minimum atomic E-state index is -1.20. The molecule has 0 amide bonds. The molecule has 0 saturated carbocycles. The lowest BCUT2D eigenvalue weighted by atomic mass is 10.1. The number of carbonyl (C=O) groups is 1. The summed E-state index contributed by atoms with van der Waals surface area (Å²) in [5, 5.41) is 10.8. The van der Waals surface area contributed by atoms with Crippen LogP contribution in [0.25, 0.3) is 0 Å². The number of thiophene rings is 1. The second-order valence-corrected chi connectivity index (χ2v) is 9.47. The molecular formula is C18H21N3O6S3. The predicted octanol–water partition coefficient (Wildman–Crippen LogP) is 2.30. The van der Waals surface area contributed by atoms with Crippen molar-refractivity contribution in [3.63, 3.8) is 0 Å². The maximum atomic E-state index is 12.5. The van der Waals surface area contributed by atoms with E-state index in [9.17, 15) is 18.9 Å². The maximum absolute atomic E-state index is 12.5. The van der Waals surface area contributed by atoms with Gasteiger partial charge in [0.05, 0.1) is 34.8 Å². The number of aromatic amines is 1. The fourth-order valence-corrected chi connectivity index (χ4v) is 6.14. The van der Waals surface area contributed by atoms with Gasteiger partial charge in [-0.3, -0.25) is 18.6 Å². The number of methoxy groups -OCH3 is 1. The summed E-state index contributed by atoms with van der Waals surface area (Å²) in [6.07, 6.45) is 2.48. The van der Waals surface area contributed by atoms with Gasteiger partial charge in [-0.25, -0.2) is 9.79 Å². The van der Waals surface area contributed by atoms with Gasteiger partial charge in [0, 0.05) is 19.1 Å². The highest BCUT2D eigenvalue weighted by Crippen LogP contribution is 2.41. The van der Waals surface area contributed by atoms with Gasteiger partial charge >= 0.3 is 5.97 Å². The summed E-state index contributed by atoms with van der Waals surface area (Å²) in [4.78, 5) is 31.6. The Kier molecular flexibility index (Phi) is 7.34. The molecule has 1 atom stereocenters. The van der Waals surface area contributed by atoms with Crippen molar-refractivity contribution in [2.75, 3.05) is 26.1 Å². The van der Waals surface area contributed by atoms with E-state index in [0.29, 0.717) is 33.4 Å². The standard InChI is InChI=1S/C18H21N3O6S3/c1-3-27-16(24)12-10-5-4-8-30(25)17(10)29-14(12)19-9-11-13(22)20-18(28)21(15(11)23)6-7-26-2/h9,23H,3-8H2,1-2H3,(H,20,22,28)/t30-/m1/s1. The topological polar surface area (TPSA) is 123 Å². The Hall–Kier alpha value is -2.15. The van der Waals surface area contributed by atoms with Crippen LogP contribution in [0.2, 0.25) is 0 Å². The smallest absolute Gasteiger partial charge is 0.341 e. The first kappa shape index (κ1) is 22.5. The summed E-state index contributed by atoms with van der Waals surface area (Å²) in [6.45, 7) is 2.40. The summed E-state index contributed by atoms with van der Waals surface area (Å²) < 4.78 is 24.5. The number of nitrogens with zero attached hydrogens (tertiary/aromatic N) is 2. The molecule has 12 heteroatoms. The SMILES string of the molecule is CCOC(=O)c1c(N=Cc2c(O)n(CCOC)c(=S)[nH]c2=O)sc2c1CCC[S@]2=O. The number of nitrogens with one attached hydrogen (secondary N) is 1. The van der Waals surface area contributed by atoms with E-state index in [1.807, 2.05) is 0 Å². The number of esters is 1. The highest BCUT2D eigenvalue weighted by molar-refractivity contribution is 7.87. The Bertz CT molecular complexity index is 1130. The zero-order chi connectivity index (χ0) is 21.8. The summed E-state index contributed by atoms with van der Waals surface area (Å²) >= 11 is 6.22. The summed E-state index contributed by atoms with van der Waals surface area (Å²) in [5.41, 5.74) is 0.230. The minimum absolute atomic E-state index is 0.0564. The van der Waals surface area contributed by atoms with Gasteiger partial charge in [0.15, 0.2) is 4.77 Å². The molecule has 0 saturated heterocycles. The molecule has 0 fully saturated rings. The second kappa shape index (κ2) is 9.77. The second-order valence-electron chi connectivity index (χ2n) is 6.32. The van der Waals surface area contributed by atoms with E-state index >= 15 is 0 Å². The van der Waals surface area contributed by atoms with Gasteiger partial charge in [0.2, 0.25) is 5.88 Å². The molecule has 0 aliphatic carbocycles. The number of hydrogen-bond acceptors (Lipinski definition) is 9. The average Bonchev–Trinajstić information content (AvgIpc) is 3.07. The number of fused-ring (bicyclic) bond motifs is 1. The lowest BCUT2D eigenvalue weighted by Gasteiger charge is -2.11. The quantitative estimate of drug-likeness (QED) is 0.361. The number of rotatable bonds is 7. The van der Waals surface area contributed by atoms with E-state index in [1.54, 1.807) is 6.92 Å². The molecule has 1 aliphatic rings. The van der Waals surface area contributed by atoms with Crippen molar-refractivity contribution in [3.05, 3.63) is 31.8 Å². The molecule has 2 aromatic rings. The van der Waals surface area contributed by atoms with Crippen LogP contribution in [0.5, 0.6) is 5.88 Å². The van der Waals surface area contributed by atoms with Gasteiger partial charge < -0.3 is 14.6 Å². The molecule has 0 unspecified atom stereocenters. The van der Waals surface area contributed by atoms with Crippen molar-refractivity contribution < 1.29 is 23.6 Å². The monoisotopic (exact) mass is 471 g/mol. The van der Waals surface area contributed by atoms with E-state index in [1.165, 1.54) is 17.9 Å². The van der Waals surface area contributed by atoms with Crippen LogP contribution in [0, 0.1) is 4.77 Å². The Morgan fingerprint density at radius 1 is 1.50 bits per heavy atom. The Labute approximate surface area is 183 Å². The molecule has 3 heterocycles. The molecule has 9 nitrogen and oxygen atoms in total. The number of H-pyrrole nitrogens is 1.